The molecule has 1 unspecified atom stereocenters. The average Bonchev–Trinajstić information content (AvgIpc) is 3.06. The van der Waals surface area contributed by atoms with E-state index >= 15 is 0 Å². The molecular weight excluding hydrogens is 364 g/mol. The fourth-order valence-corrected chi connectivity index (χ4v) is 3.21. The van der Waals surface area contributed by atoms with Gasteiger partial charge in [-0.2, -0.15) is 0 Å². The summed E-state index contributed by atoms with van der Waals surface area (Å²) in [6.07, 6.45) is 9.60. The highest BCUT2D eigenvalue weighted by atomic mass is 16.5. The number of carbonyl (C=O) groups excluding carboxylic acids is 2. The number of benzene rings is 1. The first-order chi connectivity index (χ1) is 13.8. The van der Waals surface area contributed by atoms with E-state index in [0.29, 0.717) is 6.61 Å². The molecular formula is C24H30N2O3. The molecule has 0 aliphatic heterocycles. The molecule has 2 N–H and O–H groups in total. The van der Waals surface area contributed by atoms with Crippen LogP contribution in [-0.2, 0) is 16.0 Å². The Hall–Kier alpha value is -3.08. The summed E-state index contributed by atoms with van der Waals surface area (Å²) < 4.78 is 5.91. The third-order valence-electron chi connectivity index (χ3n) is 4.63. The molecule has 154 valence electrons. The van der Waals surface area contributed by atoms with Gasteiger partial charge in [0.1, 0.15) is 12.4 Å². The van der Waals surface area contributed by atoms with E-state index in [1.165, 1.54) is 6.92 Å². The first-order valence-corrected chi connectivity index (χ1v) is 9.82. The number of amides is 1. The smallest absolute Gasteiger partial charge is 0.225 e. The fourth-order valence-electron chi connectivity index (χ4n) is 3.21. The second kappa shape index (κ2) is 10.5. The van der Waals surface area contributed by atoms with Gasteiger partial charge in [0.25, 0.3) is 0 Å². The largest absolute Gasteiger partial charge is 0.489 e. The van der Waals surface area contributed by atoms with E-state index in [1.807, 2.05) is 63.4 Å². The highest BCUT2D eigenvalue weighted by Gasteiger charge is 2.21. The maximum Gasteiger partial charge on any atom is 0.225 e. The van der Waals surface area contributed by atoms with Crippen molar-refractivity contribution in [1.82, 2.24) is 10.3 Å². The highest BCUT2D eigenvalue weighted by Crippen LogP contribution is 2.24. The third kappa shape index (κ3) is 6.21. The van der Waals surface area contributed by atoms with Crippen molar-refractivity contribution in [3.63, 3.8) is 0 Å². The van der Waals surface area contributed by atoms with Crippen LogP contribution in [0.1, 0.15) is 33.3 Å². The number of carbonyl (C=O) groups is 2. The Morgan fingerprint density at radius 2 is 2.07 bits per heavy atom. The minimum absolute atomic E-state index is 0.0347. The van der Waals surface area contributed by atoms with Crippen LogP contribution in [0.15, 0.2) is 60.9 Å². The molecule has 0 radical (unpaired) electrons. The normalized spacial score (nSPS) is 13.1. The number of allylic oxidation sites excluding steroid dienone is 3. The highest BCUT2D eigenvalue weighted by molar-refractivity contribution is 5.92. The molecule has 0 aliphatic carbocycles. The summed E-state index contributed by atoms with van der Waals surface area (Å²) in [6.45, 7) is 11.5. The van der Waals surface area contributed by atoms with Crippen molar-refractivity contribution >= 4 is 22.6 Å². The van der Waals surface area contributed by atoms with Crippen LogP contribution in [0.4, 0.5) is 0 Å². The van der Waals surface area contributed by atoms with E-state index in [2.05, 4.69) is 16.9 Å². The van der Waals surface area contributed by atoms with Gasteiger partial charge >= 0.3 is 0 Å². The molecule has 0 saturated heterocycles. The second-order valence-electron chi connectivity index (χ2n) is 7.36. The van der Waals surface area contributed by atoms with Crippen LogP contribution >= 0.6 is 0 Å². The summed E-state index contributed by atoms with van der Waals surface area (Å²) in [5.74, 6) is 0.569. The quantitative estimate of drug-likeness (QED) is 0.583. The predicted octanol–water partition coefficient (Wildman–Crippen LogP) is 4.51. The number of H-pyrrole nitrogens is 1. The molecule has 1 heterocycles. The van der Waals surface area contributed by atoms with Crippen molar-refractivity contribution < 1.29 is 14.3 Å². The summed E-state index contributed by atoms with van der Waals surface area (Å²) in [4.78, 5) is 27.4. The van der Waals surface area contributed by atoms with Crippen LogP contribution in [0.25, 0.3) is 10.9 Å². The fraction of sp³-hybridized carbons (Fsp3) is 0.333. The van der Waals surface area contributed by atoms with Crippen LogP contribution in [0.5, 0.6) is 5.75 Å². The number of Topliss-reactive ketones (excluding diaryl/α,β-unsaturated/α-hetero) is 1. The monoisotopic (exact) mass is 394 g/mol. The van der Waals surface area contributed by atoms with Gasteiger partial charge < -0.3 is 15.0 Å². The zero-order valence-corrected chi connectivity index (χ0v) is 17.6. The van der Waals surface area contributed by atoms with Crippen molar-refractivity contribution in [3.8, 4) is 5.75 Å². The molecule has 0 spiro atoms. The van der Waals surface area contributed by atoms with Crippen molar-refractivity contribution in [2.24, 2.45) is 5.92 Å². The molecule has 1 atom stereocenters. The van der Waals surface area contributed by atoms with Gasteiger partial charge in [-0.1, -0.05) is 44.7 Å². The summed E-state index contributed by atoms with van der Waals surface area (Å²) in [5, 5.41) is 3.78. The van der Waals surface area contributed by atoms with Crippen LogP contribution < -0.4 is 10.1 Å². The van der Waals surface area contributed by atoms with Crippen molar-refractivity contribution in [3.05, 3.63) is 66.4 Å². The maximum absolute atomic E-state index is 12.5. The number of aromatic amines is 1. The summed E-state index contributed by atoms with van der Waals surface area (Å²) in [5.41, 5.74) is 2.81. The van der Waals surface area contributed by atoms with Crippen molar-refractivity contribution in [2.45, 2.75) is 40.2 Å². The van der Waals surface area contributed by atoms with Gasteiger partial charge in [0, 0.05) is 17.1 Å². The Labute approximate surface area is 172 Å². The van der Waals surface area contributed by atoms with E-state index in [-0.39, 0.29) is 24.0 Å². The van der Waals surface area contributed by atoms with Crippen LogP contribution in [-0.4, -0.2) is 29.3 Å². The molecule has 5 nitrogen and oxygen atoms in total. The van der Waals surface area contributed by atoms with Crippen LogP contribution in [0.2, 0.25) is 0 Å². The average molecular weight is 395 g/mol. The topological polar surface area (TPSA) is 71.2 Å². The van der Waals surface area contributed by atoms with Gasteiger partial charge in [0.15, 0.2) is 5.78 Å². The lowest BCUT2D eigenvalue weighted by molar-refractivity contribution is -0.127. The van der Waals surface area contributed by atoms with Gasteiger partial charge in [0.2, 0.25) is 5.91 Å². The minimum atomic E-state index is -0.465. The van der Waals surface area contributed by atoms with Crippen LogP contribution in [0, 0.1) is 5.92 Å². The molecule has 0 saturated carbocycles. The maximum atomic E-state index is 12.5. The van der Waals surface area contributed by atoms with Gasteiger partial charge in [-0.25, -0.2) is 0 Å². The number of rotatable bonds is 10. The molecule has 1 aromatic heterocycles. The molecule has 1 amide bonds. The number of nitrogens with one attached hydrogen (secondary N) is 2. The summed E-state index contributed by atoms with van der Waals surface area (Å²) in [7, 11) is 0. The Balaban J connectivity index is 2.14. The standard InChI is InChI=1S/C24H30N2O3/c1-6-8-18(9-7-2)15-29-20-10-11-22-21(13-20)19(14-25-22)12-23(28)26-24(16(3)4)17(5)27/h6-11,13-14,16,24-25H,1,12,15H2,2-5H3,(H,26,28)/b9-7-,18-8+. The van der Waals surface area contributed by atoms with Gasteiger partial charge in [-0.05, 0) is 49.1 Å². The van der Waals surface area contributed by atoms with Crippen molar-refractivity contribution in [2.75, 3.05) is 6.61 Å². The van der Waals surface area contributed by atoms with E-state index in [4.69, 9.17) is 4.74 Å². The molecule has 0 bridgehead atoms. The first kappa shape index (κ1) is 22.2. The Kier molecular flexibility index (Phi) is 8.01. The van der Waals surface area contributed by atoms with Crippen LogP contribution in [0.3, 0.4) is 0 Å². The molecule has 2 aromatic rings. The third-order valence-corrected chi connectivity index (χ3v) is 4.63. The van der Waals surface area contributed by atoms with E-state index in [1.54, 1.807) is 6.08 Å². The lowest BCUT2D eigenvalue weighted by Gasteiger charge is -2.19. The second-order valence-corrected chi connectivity index (χ2v) is 7.36. The Morgan fingerprint density at radius 3 is 2.69 bits per heavy atom. The lowest BCUT2D eigenvalue weighted by atomic mass is 10.0. The Bertz CT molecular complexity index is 935. The van der Waals surface area contributed by atoms with Crippen molar-refractivity contribution in [1.29, 1.82) is 0 Å². The van der Waals surface area contributed by atoms with E-state index < -0.39 is 6.04 Å². The molecule has 1 aromatic carbocycles. The van der Waals surface area contributed by atoms with Gasteiger partial charge in [0.05, 0.1) is 12.5 Å². The summed E-state index contributed by atoms with van der Waals surface area (Å²) >= 11 is 0. The number of fused-ring (bicyclic) bond motifs is 1. The molecule has 29 heavy (non-hydrogen) atoms. The summed E-state index contributed by atoms with van der Waals surface area (Å²) in [6, 6.07) is 5.30. The van der Waals surface area contributed by atoms with Gasteiger partial charge in [-0.3, -0.25) is 9.59 Å². The minimum Gasteiger partial charge on any atom is -0.489 e. The zero-order chi connectivity index (χ0) is 21.4. The van der Waals surface area contributed by atoms with E-state index in [0.717, 1.165) is 27.8 Å². The SMILES string of the molecule is C=C/C=C(\C=C/C)COc1ccc2[nH]cc(CC(=O)NC(C(C)=O)C(C)C)c2c1. The molecule has 5 heteroatoms. The zero-order valence-electron chi connectivity index (χ0n) is 17.6. The number of ether oxygens (including phenoxy) is 1. The number of aromatic nitrogens is 1. The lowest BCUT2D eigenvalue weighted by Crippen LogP contribution is -2.43. The van der Waals surface area contributed by atoms with E-state index in [9.17, 15) is 9.59 Å². The molecule has 2 rings (SSSR count). The number of ketones is 1. The number of hydrogen-bond donors (Lipinski definition) is 2. The van der Waals surface area contributed by atoms with Gasteiger partial charge in [-0.15, -0.1) is 0 Å². The Morgan fingerprint density at radius 1 is 1.31 bits per heavy atom. The first-order valence-electron chi connectivity index (χ1n) is 9.82. The predicted molar refractivity (Wildman–Crippen MR) is 118 cm³/mol. The molecule has 0 aliphatic rings. The molecule has 0 fully saturated rings. The number of hydrogen-bond acceptors (Lipinski definition) is 3.